The minimum absolute atomic E-state index is 0.160. The fourth-order valence-electron chi connectivity index (χ4n) is 1.20. The van der Waals surface area contributed by atoms with Crippen LogP contribution in [0.5, 0.6) is 0 Å². The predicted octanol–water partition coefficient (Wildman–Crippen LogP) is 1.46. The minimum atomic E-state index is -0.160. The average molecular weight is 219 g/mol. The van der Waals surface area contributed by atoms with Crippen LogP contribution >= 0.6 is 0 Å². The van der Waals surface area contributed by atoms with E-state index in [4.69, 9.17) is 5.39 Å². The topological polar surface area (TPSA) is 60.5 Å². The summed E-state index contributed by atoms with van der Waals surface area (Å²) in [5.41, 5.74) is 0.870. The van der Waals surface area contributed by atoms with Crippen LogP contribution < -0.4 is 5.32 Å². The number of nitrogens with one attached hydrogen (secondary N) is 1. The highest BCUT2D eigenvalue weighted by atomic mass is 16.1. The third-order valence-electron chi connectivity index (χ3n) is 2.07. The Balaban J connectivity index is 2.56. The highest BCUT2D eigenvalue weighted by Gasteiger charge is 2.10. The van der Waals surface area contributed by atoms with Crippen molar-refractivity contribution < 1.29 is 4.79 Å². The lowest BCUT2D eigenvalue weighted by Gasteiger charge is -2.09. The second-order valence-corrected chi connectivity index (χ2v) is 3.71. The Morgan fingerprint density at radius 2 is 2.25 bits per heavy atom. The number of carbonyl (C=O) groups excluding carboxylic acids is 1. The first kappa shape index (κ1) is 12.1. The van der Waals surface area contributed by atoms with Crippen LogP contribution in [0.25, 0.3) is 4.98 Å². The molecule has 0 aliphatic heterocycles. The molecule has 5 heteroatoms. The molecule has 0 heterocycles. The fourth-order valence-corrected chi connectivity index (χ4v) is 1.20. The molecule has 1 N–H and O–H groups in total. The largest absolute Gasteiger partial charge is 0.385 e. The van der Waals surface area contributed by atoms with E-state index in [1.807, 2.05) is 19.0 Å². The van der Waals surface area contributed by atoms with Crippen LogP contribution in [0.15, 0.2) is 24.3 Å². The van der Waals surface area contributed by atoms with Gasteiger partial charge in [0.05, 0.1) is 0 Å². The van der Waals surface area contributed by atoms with Gasteiger partial charge in [-0.1, -0.05) is 6.07 Å². The molecule has 0 atom stereocenters. The van der Waals surface area contributed by atoms with Gasteiger partial charge in [0.25, 0.3) is 5.91 Å². The maximum absolute atomic E-state index is 11.6. The lowest BCUT2D eigenvalue weighted by atomic mass is 10.2. The predicted molar refractivity (Wildman–Crippen MR) is 62.1 cm³/mol. The fraction of sp³-hybridized carbons (Fsp3) is 0.364. The molecule has 0 aliphatic rings. The van der Waals surface area contributed by atoms with E-state index < -0.39 is 0 Å². The van der Waals surface area contributed by atoms with Gasteiger partial charge >= 0.3 is 5.69 Å². The lowest BCUT2D eigenvalue weighted by molar-refractivity contribution is 0.0951. The number of nitrogens with zero attached hydrogens (tertiary/aromatic N) is 3. The minimum Gasteiger partial charge on any atom is -0.351 e. The Kier molecular flexibility index (Phi) is 4.42. The monoisotopic (exact) mass is 219 g/mol. The van der Waals surface area contributed by atoms with Crippen LogP contribution in [-0.4, -0.2) is 38.0 Å². The summed E-state index contributed by atoms with van der Waals surface area (Å²) in [5, 5.41) is 11.4. The van der Waals surface area contributed by atoms with Crippen molar-refractivity contribution in [3.63, 3.8) is 0 Å². The number of benzene rings is 1. The molecule has 0 spiro atoms. The van der Waals surface area contributed by atoms with Crippen LogP contribution in [0.4, 0.5) is 5.69 Å². The van der Waals surface area contributed by atoms with Crippen molar-refractivity contribution in [3.05, 3.63) is 34.8 Å². The SMILES string of the molecule is CN(C)CCNC(=O)c1cccc([N+]#N)c1. The number of hydrogen-bond donors (Lipinski definition) is 1. The first-order valence-corrected chi connectivity index (χ1v) is 5.01. The van der Waals surface area contributed by atoms with Gasteiger partial charge in [-0.15, -0.1) is 0 Å². The molecule has 0 radical (unpaired) electrons. The van der Waals surface area contributed by atoms with Gasteiger partial charge in [-0.3, -0.25) is 4.79 Å². The molecule has 0 saturated heterocycles. The maximum Gasteiger partial charge on any atom is 0.385 e. The maximum atomic E-state index is 11.6. The zero-order valence-electron chi connectivity index (χ0n) is 9.47. The van der Waals surface area contributed by atoms with Gasteiger partial charge in [0.15, 0.2) is 4.98 Å². The number of likely N-dealkylation sites (N-methyl/N-ethyl adjacent to an activating group) is 1. The highest BCUT2D eigenvalue weighted by molar-refractivity contribution is 5.95. The molecule has 1 amide bonds. The van der Waals surface area contributed by atoms with Gasteiger partial charge in [-0.25, -0.2) is 0 Å². The molecule has 1 aromatic carbocycles. The van der Waals surface area contributed by atoms with Gasteiger partial charge in [0.1, 0.15) is 0 Å². The van der Waals surface area contributed by atoms with Gasteiger partial charge in [0.2, 0.25) is 5.39 Å². The molecule has 1 aromatic rings. The van der Waals surface area contributed by atoms with Crippen molar-refractivity contribution in [3.8, 4) is 0 Å². The van der Waals surface area contributed by atoms with E-state index in [1.54, 1.807) is 18.2 Å². The number of diazo groups is 1. The van der Waals surface area contributed by atoms with Gasteiger partial charge in [-0.05, 0) is 20.2 Å². The summed E-state index contributed by atoms with van der Waals surface area (Å²) in [6, 6.07) is 6.51. The third-order valence-corrected chi connectivity index (χ3v) is 2.07. The van der Waals surface area contributed by atoms with Crippen LogP contribution in [0.2, 0.25) is 0 Å². The summed E-state index contributed by atoms with van der Waals surface area (Å²) in [5.74, 6) is -0.160. The molecule has 84 valence electrons. The van der Waals surface area contributed by atoms with E-state index in [0.29, 0.717) is 17.8 Å². The standard InChI is InChI=1S/C11H14N4O/c1-15(2)7-6-13-11(16)9-4-3-5-10(8-9)14-12/h3-5,8H,6-7H2,1-2H3/p+1. The second kappa shape index (κ2) is 5.83. The second-order valence-electron chi connectivity index (χ2n) is 3.71. The molecule has 5 nitrogen and oxygen atoms in total. The van der Waals surface area contributed by atoms with Gasteiger partial charge in [0, 0.05) is 30.8 Å². The quantitative estimate of drug-likeness (QED) is 0.780. The number of hydrogen-bond acceptors (Lipinski definition) is 3. The Bertz CT molecular complexity index is 409. The zero-order valence-corrected chi connectivity index (χ0v) is 9.47. The van der Waals surface area contributed by atoms with Crippen molar-refractivity contribution in [2.45, 2.75) is 0 Å². The molecule has 0 unspecified atom stereocenters. The van der Waals surface area contributed by atoms with Crippen molar-refractivity contribution in [1.29, 1.82) is 5.39 Å². The number of carbonyl (C=O) groups is 1. The van der Waals surface area contributed by atoms with E-state index >= 15 is 0 Å². The van der Waals surface area contributed by atoms with Crippen LogP contribution in [0.1, 0.15) is 10.4 Å². The summed E-state index contributed by atoms with van der Waals surface area (Å²) in [6.45, 7) is 1.38. The Labute approximate surface area is 94.7 Å². The normalized spacial score (nSPS) is 9.88. The van der Waals surface area contributed by atoms with Crippen molar-refractivity contribution in [2.24, 2.45) is 0 Å². The van der Waals surface area contributed by atoms with E-state index in [9.17, 15) is 4.79 Å². The van der Waals surface area contributed by atoms with Gasteiger partial charge < -0.3 is 10.2 Å². The van der Waals surface area contributed by atoms with E-state index in [0.717, 1.165) is 6.54 Å². The van der Waals surface area contributed by atoms with Crippen LogP contribution in [0, 0.1) is 5.39 Å². The molecule has 1 rings (SSSR count). The number of amides is 1. The molecule has 0 fully saturated rings. The molecule has 16 heavy (non-hydrogen) atoms. The first-order valence-electron chi connectivity index (χ1n) is 5.01. The van der Waals surface area contributed by atoms with E-state index in [1.165, 1.54) is 6.07 Å². The first-order chi connectivity index (χ1) is 7.63. The average Bonchev–Trinajstić information content (AvgIpc) is 2.28. The van der Waals surface area contributed by atoms with E-state index in [-0.39, 0.29) is 5.91 Å². The van der Waals surface area contributed by atoms with Crippen molar-refractivity contribution >= 4 is 11.6 Å². The summed E-state index contributed by atoms with van der Waals surface area (Å²) < 4.78 is 0. The lowest BCUT2D eigenvalue weighted by Crippen LogP contribution is -2.31. The van der Waals surface area contributed by atoms with Crippen LogP contribution in [-0.2, 0) is 0 Å². The summed E-state index contributed by atoms with van der Waals surface area (Å²) in [4.78, 5) is 16.7. The summed E-state index contributed by atoms with van der Waals surface area (Å²) >= 11 is 0. The van der Waals surface area contributed by atoms with Gasteiger partial charge in [-0.2, -0.15) is 0 Å². The van der Waals surface area contributed by atoms with Crippen LogP contribution in [0.3, 0.4) is 0 Å². The molecule has 0 aliphatic carbocycles. The highest BCUT2D eigenvalue weighted by Crippen LogP contribution is 2.13. The smallest absolute Gasteiger partial charge is 0.351 e. The van der Waals surface area contributed by atoms with Crippen molar-refractivity contribution in [2.75, 3.05) is 27.2 Å². The molecular formula is C11H15N4O+. The summed E-state index contributed by atoms with van der Waals surface area (Å²) in [6.07, 6.45) is 0. The Hall–Kier alpha value is -1.93. The Morgan fingerprint density at radius 1 is 1.50 bits per heavy atom. The zero-order chi connectivity index (χ0) is 12.0. The molecule has 0 aromatic heterocycles. The molecule has 0 bridgehead atoms. The molecular weight excluding hydrogens is 204 g/mol. The summed E-state index contributed by atoms with van der Waals surface area (Å²) in [7, 11) is 3.88. The molecule has 0 saturated carbocycles. The van der Waals surface area contributed by atoms with Crippen molar-refractivity contribution in [1.82, 2.24) is 10.2 Å². The third kappa shape index (κ3) is 3.67. The van der Waals surface area contributed by atoms with E-state index in [2.05, 4.69) is 10.3 Å². The Morgan fingerprint density at radius 3 is 2.88 bits per heavy atom. The number of rotatable bonds is 4.